The largest absolute Gasteiger partial charge is 0.480 e. The van der Waals surface area contributed by atoms with Gasteiger partial charge in [-0.05, 0) is 44.9 Å². The Morgan fingerprint density at radius 3 is 2.47 bits per heavy atom. The molecule has 1 aromatic rings. The third-order valence-corrected chi connectivity index (χ3v) is 4.05. The van der Waals surface area contributed by atoms with Gasteiger partial charge in [0.25, 0.3) is 0 Å². The van der Waals surface area contributed by atoms with E-state index >= 15 is 0 Å². The highest BCUT2D eigenvalue weighted by Crippen LogP contribution is 2.40. The molecule has 1 aromatic carbocycles. The molecule has 1 aliphatic carbocycles. The van der Waals surface area contributed by atoms with Crippen molar-refractivity contribution in [3.8, 4) is 0 Å². The van der Waals surface area contributed by atoms with E-state index in [-0.39, 0.29) is 5.92 Å². The van der Waals surface area contributed by atoms with Crippen molar-refractivity contribution >= 4 is 11.7 Å². The van der Waals surface area contributed by atoms with E-state index in [1.807, 2.05) is 30.3 Å². The van der Waals surface area contributed by atoms with Crippen LogP contribution < -0.4 is 10.2 Å². The van der Waals surface area contributed by atoms with Gasteiger partial charge in [-0.1, -0.05) is 18.2 Å². The summed E-state index contributed by atoms with van der Waals surface area (Å²) in [4.78, 5) is 13.9. The summed E-state index contributed by atoms with van der Waals surface area (Å²) >= 11 is 0. The summed E-state index contributed by atoms with van der Waals surface area (Å²) in [5, 5.41) is 12.7. The lowest BCUT2D eigenvalue weighted by Gasteiger charge is -2.36. The third kappa shape index (κ3) is 2.73. The van der Waals surface area contributed by atoms with Gasteiger partial charge in [-0.15, -0.1) is 0 Å². The molecule has 4 heteroatoms. The van der Waals surface area contributed by atoms with Gasteiger partial charge < -0.3 is 15.3 Å². The Morgan fingerprint density at radius 1 is 1.42 bits per heavy atom. The molecule has 0 aromatic heterocycles. The van der Waals surface area contributed by atoms with Gasteiger partial charge in [0.1, 0.15) is 5.54 Å². The van der Waals surface area contributed by atoms with E-state index in [0.717, 1.165) is 25.1 Å². The van der Waals surface area contributed by atoms with Crippen LogP contribution >= 0.6 is 0 Å². The molecule has 0 saturated heterocycles. The molecule has 0 spiro atoms. The van der Waals surface area contributed by atoms with Gasteiger partial charge in [-0.2, -0.15) is 0 Å². The van der Waals surface area contributed by atoms with E-state index in [1.165, 1.54) is 0 Å². The van der Waals surface area contributed by atoms with Gasteiger partial charge in [-0.25, -0.2) is 0 Å². The van der Waals surface area contributed by atoms with E-state index in [2.05, 4.69) is 17.1 Å². The first-order valence-corrected chi connectivity index (χ1v) is 6.86. The number of benzene rings is 1. The molecule has 0 aliphatic heterocycles. The molecule has 2 rings (SSSR count). The van der Waals surface area contributed by atoms with E-state index in [0.29, 0.717) is 6.54 Å². The van der Waals surface area contributed by atoms with Gasteiger partial charge in [-0.3, -0.25) is 4.79 Å². The van der Waals surface area contributed by atoms with Crippen molar-refractivity contribution in [2.45, 2.75) is 25.3 Å². The fourth-order valence-electron chi connectivity index (χ4n) is 2.66. The second kappa shape index (κ2) is 5.61. The topological polar surface area (TPSA) is 52.6 Å². The van der Waals surface area contributed by atoms with Gasteiger partial charge in [0.2, 0.25) is 0 Å². The number of hydrogen-bond acceptors (Lipinski definition) is 3. The Labute approximate surface area is 114 Å². The van der Waals surface area contributed by atoms with Crippen molar-refractivity contribution in [2.75, 3.05) is 25.0 Å². The average molecular weight is 262 g/mol. The zero-order valence-electron chi connectivity index (χ0n) is 11.6. The summed E-state index contributed by atoms with van der Waals surface area (Å²) < 4.78 is 0. The highest BCUT2D eigenvalue weighted by molar-refractivity contribution is 5.81. The van der Waals surface area contributed by atoms with Crippen LogP contribution in [-0.4, -0.2) is 36.8 Å². The first-order valence-electron chi connectivity index (χ1n) is 6.86. The maximum atomic E-state index is 11.7. The average Bonchev–Trinajstić information content (AvgIpc) is 3.26. The monoisotopic (exact) mass is 262 g/mol. The van der Waals surface area contributed by atoms with Crippen LogP contribution in [-0.2, 0) is 4.79 Å². The van der Waals surface area contributed by atoms with Crippen molar-refractivity contribution in [3.63, 3.8) is 0 Å². The van der Waals surface area contributed by atoms with Crippen LogP contribution in [0.4, 0.5) is 5.69 Å². The SMILES string of the molecule is CCN(CC(NC)(C(=O)O)C1CC1)c1ccccc1. The van der Waals surface area contributed by atoms with Gasteiger partial charge in [0, 0.05) is 18.8 Å². The maximum Gasteiger partial charge on any atom is 0.326 e. The molecular weight excluding hydrogens is 240 g/mol. The maximum absolute atomic E-state index is 11.7. The minimum absolute atomic E-state index is 0.243. The summed E-state index contributed by atoms with van der Waals surface area (Å²) in [6, 6.07) is 9.99. The molecule has 1 atom stereocenters. The molecule has 19 heavy (non-hydrogen) atoms. The summed E-state index contributed by atoms with van der Waals surface area (Å²) in [5.74, 6) is -0.500. The fraction of sp³-hybridized carbons (Fsp3) is 0.533. The van der Waals surface area contributed by atoms with Crippen LogP contribution in [0.3, 0.4) is 0 Å². The summed E-state index contributed by atoms with van der Waals surface area (Å²) in [6.45, 7) is 3.36. The summed E-state index contributed by atoms with van der Waals surface area (Å²) in [7, 11) is 1.76. The predicted octanol–water partition coefficient (Wildman–Crippen LogP) is 1.97. The number of nitrogens with zero attached hydrogens (tertiary/aromatic N) is 1. The zero-order chi connectivity index (χ0) is 13.9. The van der Waals surface area contributed by atoms with Crippen LogP contribution in [0.15, 0.2) is 30.3 Å². The highest BCUT2D eigenvalue weighted by atomic mass is 16.4. The van der Waals surface area contributed by atoms with Crippen LogP contribution in [0.25, 0.3) is 0 Å². The zero-order valence-corrected chi connectivity index (χ0v) is 11.6. The van der Waals surface area contributed by atoms with Crippen molar-refractivity contribution < 1.29 is 9.90 Å². The minimum Gasteiger partial charge on any atom is -0.480 e. The number of carboxylic acid groups (broad SMARTS) is 1. The number of aliphatic carboxylic acids is 1. The van der Waals surface area contributed by atoms with Crippen molar-refractivity contribution in [1.29, 1.82) is 0 Å². The van der Waals surface area contributed by atoms with E-state index in [1.54, 1.807) is 7.05 Å². The van der Waals surface area contributed by atoms with E-state index in [9.17, 15) is 9.90 Å². The van der Waals surface area contributed by atoms with Crippen molar-refractivity contribution in [3.05, 3.63) is 30.3 Å². The molecule has 2 N–H and O–H groups in total. The van der Waals surface area contributed by atoms with Gasteiger partial charge in [0.15, 0.2) is 0 Å². The van der Waals surface area contributed by atoms with Crippen molar-refractivity contribution in [2.24, 2.45) is 5.92 Å². The molecular formula is C15H22N2O2. The fourth-order valence-corrected chi connectivity index (χ4v) is 2.66. The number of hydrogen-bond donors (Lipinski definition) is 2. The van der Waals surface area contributed by atoms with Crippen molar-refractivity contribution in [1.82, 2.24) is 5.32 Å². The number of para-hydroxylation sites is 1. The molecule has 0 amide bonds. The molecule has 1 aliphatic rings. The molecule has 0 heterocycles. The number of nitrogens with one attached hydrogen (secondary N) is 1. The second-order valence-corrected chi connectivity index (χ2v) is 5.15. The number of carboxylic acids is 1. The summed E-state index contributed by atoms with van der Waals surface area (Å²) in [5.41, 5.74) is 0.248. The van der Waals surface area contributed by atoms with E-state index < -0.39 is 11.5 Å². The van der Waals surface area contributed by atoms with Crippen LogP contribution in [0.2, 0.25) is 0 Å². The number of likely N-dealkylation sites (N-methyl/N-ethyl adjacent to an activating group) is 2. The molecule has 0 bridgehead atoms. The first kappa shape index (κ1) is 13.9. The number of rotatable bonds is 7. The molecule has 0 radical (unpaired) electrons. The standard InChI is InChI=1S/C15H22N2O2/c1-3-17(13-7-5-4-6-8-13)11-15(16-2,14(18)19)12-9-10-12/h4-8,12,16H,3,9-11H2,1-2H3,(H,18,19). The quantitative estimate of drug-likeness (QED) is 0.789. The molecule has 1 unspecified atom stereocenters. The van der Waals surface area contributed by atoms with Crippen LogP contribution in [0.1, 0.15) is 19.8 Å². The molecule has 1 fully saturated rings. The molecule has 104 valence electrons. The lowest BCUT2D eigenvalue weighted by Crippen LogP contribution is -2.59. The van der Waals surface area contributed by atoms with Crippen LogP contribution in [0, 0.1) is 5.92 Å². The Hall–Kier alpha value is -1.55. The predicted molar refractivity (Wildman–Crippen MR) is 76.5 cm³/mol. The second-order valence-electron chi connectivity index (χ2n) is 5.15. The Kier molecular flexibility index (Phi) is 4.10. The lowest BCUT2D eigenvalue weighted by atomic mass is 9.92. The number of carbonyl (C=O) groups is 1. The molecule has 4 nitrogen and oxygen atoms in total. The van der Waals surface area contributed by atoms with Gasteiger partial charge in [0.05, 0.1) is 0 Å². The Balaban J connectivity index is 2.22. The van der Waals surface area contributed by atoms with Gasteiger partial charge >= 0.3 is 5.97 Å². The highest BCUT2D eigenvalue weighted by Gasteiger charge is 2.51. The van der Waals surface area contributed by atoms with Crippen LogP contribution in [0.5, 0.6) is 0 Å². The lowest BCUT2D eigenvalue weighted by molar-refractivity contribution is -0.145. The normalized spacial score (nSPS) is 17.8. The van der Waals surface area contributed by atoms with E-state index in [4.69, 9.17) is 0 Å². The Morgan fingerprint density at radius 2 is 2.05 bits per heavy atom. The Bertz CT molecular complexity index is 431. The number of anilines is 1. The summed E-state index contributed by atoms with van der Waals surface area (Å²) in [6.07, 6.45) is 2.00. The minimum atomic E-state index is -0.828. The third-order valence-electron chi connectivity index (χ3n) is 4.05. The molecule has 1 saturated carbocycles. The smallest absolute Gasteiger partial charge is 0.326 e. The first-order chi connectivity index (χ1) is 9.14.